The number of nitrogens with one attached hydrogen (secondary N) is 3. The summed E-state index contributed by atoms with van der Waals surface area (Å²) >= 11 is 0. The molecule has 8 heteroatoms. The highest BCUT2D eigenvalue weighted by atomic mass is 16.6. The Morgan fingerprint density at radius 3 is 2.21 bits per heavy atom. The summed E-state index contributed by atoms with van der Waals surface area (Å²) in [4.78, 5) is 54.6. The van der Waals surface area contributed by atoms with Crippen LogP contribution < -0.4 is 10.7 Å². The van der Waals surface area contributed by atoms with Crippen molar-refractivity contribution < 1.29 is 19.1 Å². The summed E-state index contributed by atoms with van der Waals surface area (Å²) in [5.74, 6) is -2.07. The number of hydrogen-bond donors (Lipinski definition) is 3. The lowest BCUT2D eigenvalue weighted by atomic mass is 10.0. The Morgan fingerprint density at radius 1 is 0.787 bits per heavy atom. The number of carbonyl (C=O) groups excluding carboxylic acids is 3. The molecule has 3 aromatic rings. The van der Waals surface area contributed by atoms with Crippen LogP contribution in [0.4, 0.5) is 0 Å². The summed E-state index contributed by atoms with van der Waals surface area (Å²) in [5, 5.41) is 1.64. The molecule has 1 aliphatic carbocycles. The van der Waals surface area contributed by atoms with Gasteiger partial charge in [0.05, 0.1) is 22.7 Å². The summed E-state index contributed by atoms with van der Waals surface area (Å²) in [7, 11) is 0. The van der Waals surface area contributed by atoms with Crippen molar-refractivity contribution in [1.29, 1.82) is 0 Å². The second-order valence-corrected chi connectivity index (χ2v) is 13.4. The number of Topliss-reactive ketones (excluding diaryl/α,β-unsaturated/α-hetero) is 1. The lowest BCUT2D eigenvalue weighted by Crippen LogP contribution is -2.21. The first-order chi connectivity index (χ1) is 22.9. The minimum absolute atomic E-state index is 0.0504. The molecule has 8 nitrogen and oxygen atoms in total. The summed E-state index contributed by atoms with van der Waals surface area (Å²) < 4.78 is 5.12. The number of rotatable bonds is 14. The molecule has 0 saturated heterocycles. The van der Waals surface area contributed by atoms with Crippen LogP contribution in [0.2, 0.25) is 0 Å². The molecular weight excluding hydrogens is 588 g/mol. The Hall–Kier alpha value is -4.20. The van der Waals surface area contributed by atoms with Gasteiger partial charge in [0.1, 0.15) is 5.92 Å². The largest absolute Gasteiger partial charge is 0.393 e. The number of allylic oxidation sites excluding steroid dienone is 1. The van der Waals surface area contributed by atoms with Gasteiger partial charge in [-0.2, -0.15) is 0 Å². The number of ether oxygens (including phenoxy) is 1. The highest BCUT2D eigenvalue weighted by Gasteiger charge is 2.35. The SMILES string of the molecule is CCCCCCCCCCCCCC(=O)C1=c2ccc([nH]2)=CC2C=C3CCC(C3=N2)c2ccc([nH]2)C(C(=O)OC(C)=O)c2ccc1[nH]2. The Balaban J connectivity index is 1.26. The van der Waals surface area contributed by atoms with E-state index in [0.29, 0.717) is 29.1 Å². The number of carbonyl (C=O) groups is 3. The van der Waals surface area contributed by atoms with E-state index < -0.39 is 17.9 Å². The Kier molecular flexibility index (Phi) is 10.5. The summed E-state index contributed by atoms with van der Waals surface area (Å²) in [6.45, 7) is 3.48. The maximum absolute atomic E-state index is 13.9. The predicted molar refractivity (Wildman–Crippen MR) is 185 cm³/mol. The Labute approximate surface area is 276 Å². The van der Waals surface area contributed by atoms with Gasteiger partial charge in [0.2, 0.25) is 0 Å². The van der Waals surface area contributed by atoms with Gasteiger partial charge in [-0.25, -0.2) is 0 Å². The molecule has 5 heterocycles. The first kappa shape index (κ1) is 32.7. The van der Waals surface area contributed by atoms with Crippen LogP contribution in [0.15, 0.2) is 53.0 Å². The van der Waals surface area contributed by atoms with Crippen molar-refractivity contribution in [3.05, 3.63) is 81.5 Å². The van der Waals surface area contributed by atoms with Gasteiger partial charge in [-0.1, -0.05) is 77.2 Å². The van der Waals surface area contributed by atoms with E-state index in [-0.39, 0.29) is 17.7 Å². The molecule has 0 radical (unpaired) electrons. The van der Waals surface area contributed by atoms with E-state index in [1.807, 2.05) is 36.4 Å². The van der Waals surface area contributed by atoms with Crippen molar-refractivity contribution in [1.82, 2.24) is 15.0 Å². The molecule has 1 fully saturated rings. The number of unbranched alkanes of at least 4 members (excludes halogenated alkanes) is 10. The molecular formula is C39H48N4O4. The number of fused-ring (bicyclic) bond motifs is 8. The summed E-state index contributed by atoms with van der Waals surface area (Å²) in [6.07, 6.45) is 20.1. The van der Waals surface area contributed by atoms with Gasteiger partial charge in [-0.3, -0.25) is 19.4 Å². The van der Waals surface area contributed by atoms with Crippen LogP contribution in [-0.4, -0.2) is 44.4 Å². The third-order valence-electron chi connectivity index (χ3n) is 9.82. The molecule has 3 aromatic heterocycles. The molecule has 248 valence electrons. The average Bonchev–Trinajstić information content (AvgIpc) is 3.87. The maximum atomic E-state index is 13.9. The smallest absolute Gasteiger partial charge is 0.328 e. The van der Waals surface area contributed by atoms with E-state index in [4.69, 9.17) is 9.73 Å². The molecule has 3 N–H and O–H groups in total. The maximum Gasteiger partial charge on any atom is 0.328 e. The molecule has 0 spiro atoms. The van der Waals surface area contributed by atoms with Crippen molar-refractivity contribution in [2.45, 2.75) is 122 Å². The van der Waals surface area contributed by atoms with E-state index >= 15 is 0 Å². The number of H-pyrrole nitrogens is 3. The van der Waals surface area contributed by atoms with Gasteiger partial charge in [-0.05, 0) is 67.3 Å². The van der Waals surface area contributed by atoms with Crippen LogP contribution in [0.1, 0.15) is 138 Å². The first-order valence-electron chi connectivity index (χ1n) is 17.7. The number of esters is 2. The lowest BCUT2D eigenvalue weighted by Gasteiger charge is -2.14. The third kappa shape index (κ3) is 7.69. The van der Waals surface area contributed by atoms with Crippen LogP contribution in [0.25, 0.3) is 11.6 Å². The fraction of sp³-hybridized carbons (Fsp3) is 0.487. The fourth-order valence-electron chi connectivity index (χ4n) is 7.43. The van der Waals surface area contributed by atoms with Gasteiger partial charge >= 0.3 is 11.9 Å². The van der Waals surface area contributed by atoms with E-state index in [9.17, 15) is 14.4 Å². The number of ketones is 1. The zero-order chi connectivity index (χ0) is 32.8. The standard InChI is InChI=1S/C39H48N4O4/c1-3-4-5-6-7-8-9-10-11-12-13-14-35(45)36-31-18-16-27(40-31)24-28-23-26-15-17-29(38(26)41-28)30-19-20-33(42-30)37(39(46)47-25(2)44)34-22-21-32(36)43-34/h16,18-24,28-29,37,40,42-43H,3-15,17H2,1-2H3. The van der Waals surface area contributed by atoms with Gasteiger partial charge in [0.25, 0.3) is 0 Å². The highest BCUT2D eigenvalue weighted by molar-refractivity contribution is 6.19. The first-order valence-corrected chi connectivity index (χ1v) is 17.7. The van der Waals surface area contributed by atoms with Crippen LogP contribution in [0, 0.1) is 0 Å². The molecule has 3 atom stereocenters. The number of hydrogen-bond acceptors (Lipinski definition) is 5. The Bertz CT molecular complexity index is 1780. The van der Waals surface area contributed by atoms with Gasteiger partial charge in [-0.15, -0.1) is 0 Å². The molecule has 6 rings (SSSR count). The van der Waals surface area contributed by atoms with Crippen molar-refractivity contribution in [2.75, 3.05) is 0 Å². The normalized spacial score (nSPS) is 19.7. The van der Waals surface area contributed by atoms with Crippen LogP contribution in [-0.2, 0) is 19.1 Å². The van der Waals surface area contributed by atoms with Crippen molar-refractivity contribution in [3.63, 3.8) is 0 Å². The van der Waals surface area contributed by atoms with Crippen molar-refractivity contribution >= 4 is 35.1 Å². The zero-order valence-corrected chi connectivity index (χ0v) is 27.8. The summed E-state index contributed by atoms with van der Waals surface area (Å²) in [5.41, 5.74) is 5.70. The second-order valence-electron chi connectivity index (χ2n) is 13.4. The molecule has 3 aliphatic rings. The number of aromatic nitrogens is 3. The monoisotopic (exact) mass is 636 g/mol. The number of nitrogens with zero attached hydrogens (tertiary/aromatic N) is 1. The molecule has 0 aromatic carbocycles. The van der Waals surface area contributed by atoms with Crippen LogP contribution in [0.5, 0.6) is 0 Å². The molecule has 47 heavy (non-hydrogen) atoms. The Morgan fingerprint density at radius 2 is 1.47 bits per heavy atom. The van der Waals surface area contributed by atoms with Gasteiger partial charge in [0.15, 0.2) is 5.78 Å². The zero-order valence-electron chi connectivity index (χ0n) is 27.8. The molecule has 8 bridgehead atoms. The van der Waals surface area contributed by atoms with E-state index in [0.717, 1.165) is 54.2 Å². The van der Waals surface area contributed by atoms with Crippen molar-refractivity contribution in [2.24, 2.45) is 4.99 Å². The minimum atomic E-state index is -0.889. The quantitative estimate of drug-likeness (QED) is 0.103. The van der Waals surface area contributed by atoms with E-state index in [1.165, 1.54) is 63.9 Å². The van der Waals surface area contributed by atoms with Crippen molar-refractivity contribution in [3.8, 4) is 0 Å². The topological polar surface area (TPSA) is 120 Å². The van der Waals surface area contributed by atoms with Gasteiger partial charge in [0, 0.05) is 47.4 Å². The predicted octanol–water partition coefficient (Wildman–Crippen LogP) is 6.78. The highest BCUT2D eigenvalue weighted by Crippen LogP contribution is 2.40. The van der Waals surface area contributed by atoms with Gasteiger partial charge < -0.3 is 19.7 Å². The second kappa shape index (κ2) is 15.1. The fourth-order valence-corrected chi connectivity index (χ4v) is 7.43. The number of aromatic amines is 3. The molecule has 1 saturated carbocycles. The minimum Gasteiger partial charge on any atom is -0.393 e. The lowest BCUT2D eigenvalue weighted by molar-refractivity contribution is -0.158. The van der Waals surface area contributed by atoms with Crippen LogP contribution in [0.3, 0.4) is 0 Å². The molecule has 3 unspecified atom stereocenters. The van der Waals surface area contributed by atoms with E-state index in [1.54, 1.807) is 0 Å². The molecule has 0 amide bonds. The third-order valence-corrected chi connectivity index (χ3v) is 9.82. The average molecular weight is 637 g/mol. The summed E-state index contributed by atoms with van der Waals surface area (Å²) in [6, 6.07) is 11.4. The van der Waals surface area contributed by atoms with Crippen LogP contribution >= 0.6 is 0 Å². The van der Waals surface area contributed by atoms with E-state index in [2.05, 4.69) is 34.0 Å². The molecule has 2 aliphatic heterocycles. The number of aliphatic imine (C=N–C) groups is 1.